The first-order valence-electron chi connectivity index (χ1n) is 5.84. The van der Waals surface area contributed by atoms with Crippen molar-refractivity contribution >= 4 is 15.9 Å². The third-order valence-electron chi connectivity index (χ3n) is 3.50. The largest absolute Gasteiger partial charge is 0.0616 e. The number of aryl methyl sites for hydroxylation is 2. The van der Waals surface area contributed by atoms with Crippen molar-refractivity contribution in [2.24, 2.45) is 0 Å². The van der Waals surface area contributed by atoms with Crippen LogP contribution in [0.5, 0.6) is 0 Å². The summed E-state index contributed by atoms with van der Waals surface area (Å²) < 4.78 is 1.16. The van der Waals surface area contributed by atoms with Crippen LogP contribution in [0.15, 0.2) is 34.8 Å². The Balaban J connectivity index is 2.77. The van der Waals surface area contributed by atoms with Crippen molar-refractivity contribution in [3.8, 4) is 11.1 Å². The predicted octanol–water partition coefficient (Wildman–Crippen LogP) is 5.35. The van der Waals surface area contributed by atoms with Crippen molar-refractivity contribution in [1.82, 2.24) is 0 Å². The molecule has 0 saturated heterocycles. The van der Waals surface area contributed by atoms with Gasteiger partial charge in [0.2, 0.25) is 0 Å². The second-order valence-corrected chi connectivity index (χ2v) is 5.47. The average Bonchev–Trinajstić information content (AvgIpc) is 2.29. The summed E-state index contributed by atoms with van der Waals surface area (Å²) in [4.78, 5) is 0. The summed E-state index contributed by atoms with van der Waals surface area (Å²) in [5, 5.41) is 0. The normalized spacial score (nSPS) is 10.6. The van der Waals surface area contributed by atoms with Gasteiger partial charge in [0.1, 0.15) is 0 Å². The van der Waals surface area contributed by atoms with E-state index in [0.717, 1.165) is 4.47 Å². The lowest BCUT2D eigenvalue weighted by molar-refractivity contribution is 1.23. The standard InChI is InChI=1S/C16H17Br/c1-10-9-11(2)16(13(4)12(10)3)14-7-5-6-8-15(14)17/h5-9H,1-4H3. The van der Waals surface area contributed by atoms with Gasteiger partial charge in [0, 0.05) is 4.47 Å². The van der Waals surface area contributed by atoms with Crippen LogP contribution in [-0.4, -0.2) is 0 Å². The van der Waals surface area contributed by atoms with Crippen LogP contribution >= 0.6 is 15.9 Å². The molecule has 0 unspecified atom stereocenters. The van der Waals surface area contributed by atoms with Gasteiger partial charge in [0.05, 0.1) is 0 Å². The smallest absolute Gasteiger partial charge is 0.0253 e. The minimum absolute atomic E-state index is 1.16. The van der Waals surface area contributed by atoms with E-state index in [4.69, 9.17) is 0 Å². The van der Waals surface area contributed by atoms with Crippen molar-refractivity contribution in [2.45, 2.75) is 27.7 Å². The minimum atomic E-state index is 1.16. The van der Waals surface area contributed by atoms with Crippen molar-refractivity contribution in [3.63, 3.8) is 0 Å². The number of halogens is 1. The zero-order valence-corrected chi connectivity index (χ0v) is 12.4. The molecule has 0 aromatic heterocycles. The third-order valence-corrected chi connectivity index (χ3v) is 4.19. The first-order chi connectivity index (χ1) is 8.02. The fourth-order valence-electron chi connectivity index (χ4n) is 2.36. The van der Waals surface area contributed by atoms with Crippen LogP contribution in [0.2, 0.25) is 0 Å². The van der Waals surface area contributed by atoms with Crippen LogP contribution < -0.4 is 0 Å². The molecule has 0 aliphatic heterocycles. The second kappa shape index (κ2) is 4.66. The number of rotatable bonds is 1. The predicted molar refractivity (Wildman–Crippen MR) is 78.5 cm³/mol. The molecule has 0 N–H and O–H groups in total. The molecule has 88 valence electrons. The Morgan fingerprint density at radius 3 is 2.12 bits per heavy atom. The molecule has 2 aromatic rings. The summed E-state index contributed by atoms with van der Waals surface area (Å²) in [7, 11) is 0. The van der Waals surface area contributed by atoms with Crippen LogP contribution in [0.4, 0.5) is 0 Å². The van der Waals surface area contributed by atoms with Gasteiger partial charge in [-0.1, -0.05) is 40.2 Å². The van der Waals surface area contributed by atoms with Gasteiger partial charge in [0.25, 0.3) is 0 Å². The van der Waals surface area contributed by atoms with Gasteiger partial charge in [-0.05, 0) is 67.1 Å². The fourth-order valence-corrected chi connectivity index (χ4v) is 2.85. The molecule has 0 aliphatic rings. The molecule has 0 spiro atoms. The molecule has 0 heterocycles. The monoisotopic (exact) mass is 288 g/mol. The van der Waals surface area contributed by atoms with Gasteiger partial charge in [-0.3, -0.25) is 0 Å². The maximum atomic E-state index is 3.64. The van der Waals surface area contributed by atoms with Crippen molar-refractivity contribution in [3.05, 3.63) is 57.1 Å². The van der Waals surface area contributed by atoms with E-state index in [9.17, 15) is 0 Å². The molecule has 1 heteroatoms. The SMILES string of the molecule is Cc1cc(C)c(-c2ccccc2Br)c(C)c1C. The van der Waals surface area contributed by atoms with E-state index in [1.807, 2.05) is 0 Å². The molecule has 0 nitrogen and oxygen atoms in total. The van der Waals surface area contributed by atoms with Gasteiger partial charge in [-0.2, -0.15) is 0 Å². The van der Waals surface area contributed by atoms with Gasteiger partial charge in [0.15, 0.2) is 0 Å². The van der Waals surface area contributed by atoms with Gasteiger partial charge >= 0.3 is 0 Å². The number of hydrogen-bond donors (Lipinski definition) is 0. The van der Waals surface area contributed by atoms with Crippen LogP contribution in [0.1, 0.15) is 22.3 Å². The van der Waals surface area contributed by atoms with Crippen LogP contribution in [0.3, 0.4) is 0 Å². The van der Waals surface area contributed by atoms with E-state index in [1.165, 1.54) is 33.4 Å². The van der Waals surface area contributed by atoms with E-state index >= 15 is 0 Å². The van der Waals surface area contributed by atoms with Crippen LogP contribution in [0, 0.1) is 27.7 Å². The Morgan fingerprint density at radius 2 is 1.47 bits per heavy atom. The first kappa shape index (κ1) is 12.4. The molecule has 0 bridgehead atoms. The molecule has 0 radical (unpaired) electrons. The highest BCUT2D eigenvalue weighted by atomic mass is 79.9. The molecule has 2 aromatic carbocycles. The summed E-state index contributed by atoms with van der Waals surface area (Å²) in [5.41, 5.74) is 8.13. The number of benzene rings is 2. The Morgan fingerprint density at radius 1 is 0.824 bits per heavy atom. The van der Waals surface area contributed by atoms with Gasteiger partial charge in [-0.15, -0.1) is 0 Å². The summed E-state index contributed by atoms with van der Waals surface area (Å²) in [6.45, 7) is 8.78. The lowest BCUT2D eigenvalue weighted by Crippen LogP contribution is -1.95. The highest BCUT2D eigenvalue weighted by Crippen LogP contribution is 2.35. The fraction of sp³-hybridized carbons (Fsp3) is 0.250. The van der Waals surface area contributed by atoms with Crippen LogP contribution in [0.25, 0.3) is 11.1 Å². The van der Waals surface area contributed by atoms with Gasteiger partial charge < -0.3 is 0 Å². The molecule has 0 saturated carbocycles. The highest BCUT2D eigenvalue weighted by molar-refractivity contribution is 9.10. The molecule has 0 fully saturated rings. The quantitative estimate of drug-likeness (QED) is 0.664. The van der Waals surface area contributed by atoms with E-state index in [-0.39, 0.29) is 0 Å². The maximum Gasteiger partial charge on any atom is 0.0253 e. The topological polar surface area (TPSA) is 0 Å². The molecular formula is C16H17Br. The molecule has 0 amide bonds. The molecular weight excluding hydrogens is 272 g/mol. The summed E-state index contributed by atoms with van der Waals surface area (Å²) >= 11 is 3.64. The summed E-state index contributed by atoms with van der Waals surface area (Å²) in [6, 6.07) is 10.7. The lowest BCUT2D eigenvalue weighted by Gasteiger charge is -2.16. The lowest BCUT2D eigenvalue weighted by atomic mass is 9.90. The van der Waals surface area contributed by atoms with E-state index in [2.05, 4.69) is 74.0 Å². The summed E-state index contributed by atoms with van der Waals surface area (Å²) in [5.74, 6) is 0. The maximum absolute atomic E-state index is 3.64. The minimum Gasteiger partial charge on any atom is -0.0616 e. The Bertz CT molecular complexity index is 568. The molecule has 2 rings (SSSR count). The zero-order valence-electron chi connectivity index (χ0n) is 10.8. The Kier molecular flexibility index (Phi) is 3.39. The third kappa shape index (κ3) is 2.16. The van der Waals surface area contributed by atoms with Crippen LogP contribution in [-0.2, 0) is 0 Å². The Labute approximate surface area is 112 Å². The first-order valence-corrected chi connectivity index (χ1v) is 6.64. The zero-order chi connectivity index (χ0) is 12.6. The van der Waals surface area contributed by atoms with Crippen molar-refractivity contribution in [1.29, 1.82) is 0 Å². The van der Waals surface area contributed by atoms with E-state index in [1.54, 1.807) is 0 Å². The molecule has 0 aliphatic carbocycles. The summed E-state index contributed by atoms with van der Waals surface area (Å²) in [6.07, 6.45) is 0. The van der Waals surface area contributed by atoms with Crippen molar-refractivity contribution < 1.29 is 0 Å². The van der Waals surface area contributed by atoms with Gasteiger partial charge in [-0.25, -0.2) is 0 Å². The van der Waals surface area contributed by atoms with E-state index in [0.29, 0.717) is 0 Å². The molecule has 0 atom stereocenters. The van der Waals surface area contributed by atoms with Crippen molar-refractivity contribution in [2.75, 3.05) is 0 Å². The average molecular weight is 289 g/mol. The molecule has 17 heavy (non-hydrogen) atoms. The Hall–Kier alpha value is -1.08. The van der Waals surface area contributed by atoms with E-state index < -0.39 is 0 Å². The number of hydrogen-bond acceptors (Lipinski definition) is 0. The second-order valence-electron chi connectivity index (χ2n) is 4.62. The highest BCUT2D eigenvalue weighted by Gasteiger charge is 2.11.